The Morgan fingerprint density at radius 3 is 2.47 bits per heavy atom. The van der Waals surface area contributed by atoms with Gasteiger partial charge in [0.1, 0.15) is 5.75 Å². The van der Waals surface area contributed by atoms with Crippen molar-refractivity contribution in [3.63, 3.8) is 0 Å². The van der Waals surface area contributed by atoms with Gasteiger partial charge in [-0.1, -0.05) is 43.3 Å². The summed E-state index contributed by atoms with van der Waals surface area (Å²) < 4.78 is 0. The maximum Gasteiger partial charge on any atom is 0.194 e. The van der Waals surface area contributed by atoms with Crippen LogP contribution in [-0.4, -0.2) is 67.2 Å². The maximum atomic E-state index is 10.1. The number of aliphatic imine (C=N–C) groups is 1. The monoisotopic (exact) mass is 409 g/mol. The van der Waals surface area contributed by atoms with Gasteiger partial charge in [0, 0.05) is 39.3 Å². The van der Waals surface area contributed by atoms with Crippen LogP contribution >= 0.6 is 0 Å². The Hall–Kier alpha value is -2.73. The molecule has 0 bridgehead atoms. The first-order chi connectivity index (χ1) is 14.6. The van der Waals surface area contributed by atoms with Crippen LogP contribution in [-0.2, 0) is 13.1 Å². The number of anilines is 1. The largest absolute Gasteiger partial charge is 0.506 e. The zero-order valence-corrected chi connectivity index (χ0v) is 18.5. The van der Waals surface area contributed by atoms with Crippen LogP contribution in [0.2, 0.25) is 0 Å². The molecule has 0 unspecified atom stereocenters. The minimum atomic E-state index is 0.347. The molecule has 2 N–H and O–H groups in total. The summed E-state index contributed by atoms with van der Waals surface area (Å²) in [7, 11) is 2.14. The first-order valence-corrected chi connectivity index (χ1v) is 10.9. The lowest BCUT2D eigenvalue weighted by Gasteiger charge is -2.37. The molecule has 30 heavy (non-hydrogen) atoms. The van der Waals surface area contributed by atoms with Gasteiger partial charge in [-0.15, -0.1) is 0 Å². The van der Waals surface area contributed by atoms with Gasteiger partial charge in [0.25, 0.3) is 0 Å². The maximum absolute atomic E-state index is 10.1. The van der Waals surface area contributed by atoms with Crippen LogP contribution in [0.3, 0.4) is 0 Å². The van der Waals surface area contributed by atoms with Crippen LogP contribution in [0.5, 0.6) is 5.75 Å². The van der Waals surface area contributed by atoms with Crippen molar-refractivity contribution in [3.05, 3.63) is 59.7 Å². The average Bonchev–Trinajstić information content (AvgIpc) is 2.77. The van der Waals surface area contributed by atoms with E-state index in [1.165, 1.54) is 11.1 Å². The Morgan fingerprint density at radius 1 is 1.03 bits per heavy atom. The smallest absolute Gasteiger partial charge is 0.194 e. The second-order valence-corrected chi connectivity index (χ2v) is 7.78. The molecule has 6 nitrogen and oxygen atoms in total. The Morgan fingerprint density at radius 2 is 1.77 bits per heavy atom. The average molecular weight is 410 g/mol. The van der Waals surface area contributed by atoms with Gasteiger partial charge in [-0.3, -0.25) is 0 Å². The van der Waals surface area contributed by atoms with Crippen molar-refractivity contribution in [3.8, 4) is 5.75 Å². The van der Waals surface area contributed by atoms with Crippen molar-refractivity contribution < 1.29 is 5.11 Å². The molecule has 0 aromatic heterocycles. The molecule has 0 amide bonds. The number of guanidine groups is 1. The number of piperazine rings is 1. The molecule has 0 saturated carbocycles. The highest BCUT2D eigenvalue weighted by Gasteiger charge is 2.21. The number of phenolic OH excluding ortho intramolecular Hbond substituents is 1. The summed E-state index contributed by atoms with van der Waals surface area (Å²) in [6.07, 6.45) is 0. The number of para-hydroxylation sites is 2. The molecule has 0 atom stereocenters. The second-order valence-electron chi connectivity index (χ2n) is 7.78. The quantitative estimate of drug-likeness (QED) is 0.544. The zero-order chi connectivity index (χ0) is 21.3. The molecule has 162 valence electrons. The summed E-state index contributed by atoms with van der Waals surface area (Å²) in [5.74, 6) is 1.31. The fourth-order valence-electron chi connectivity index (χ4n) is 3.73. The lowest BCUT2D eigenvalue weighted by atomic mass is 10.1. The molecule has 0 spiro atoms. The Labute approximate surface area is 180 Å². The van der Waals surface area contributed by atoms with Gasteiger partial charge in [0.2, 0.25) is 0 Å². The number of hydrogen-bond donors (Lipinski definition) is 2. The summed E-state index contributed by atoms with van der Waals surface area (Å²) in [5, 5.41) is 13.6. The molecule has 2 aromatic rings. The van der Waals surface area contributed by atoms with Crippen LogP contribution in [0, 0.1) is 0 Å². The van der Waals surface area contributed by atoms with Gasteiger partial charge in [0.15, 0.2) is 5.96 Å². The fourth-order valence-corrected chi connectivity index (χ4v) is 3.73. The third-order valence-corrected chi connectivity index (χ3v) is 5.53. The molecule has 1 fully saturated rings. The molecule has 1 heterocycles. The van der Waals surface area contributed by atoms with E-state index in [0.29, 0.717) is 12.3 Å². The van der Waals surface area contributed by atoms with E-state index >= 15 is 0 Å². The van der Waals surface area contributed by atoms with Crippen molar-refractivity contribution >= 4 is 11.6 Å². The highest BCUT2D eigenvalue weighted by molar-refractivity contribution is 5.80. The number of hydrogen-bond acceptors (Lipinski definition) is 4. The lowest BCUT2D eigenvalue weighted by Crippen LogP contribution is -2.52. The van der Waals surface area contributed by atoms with Crippen LogP contribution in [0.4, 0.5) is 5.69 Å². The Kier molecular flexibility index (Phi) is 7.97. The topological polar surface area (TPSA) is 54.3 Å². The first-order valence-electron chi connectivity index (χ1n) is 10.9. The predicted molar refractivity (Wildman–Crippen MR) is 125 cm³/mol. The molecule has 0 radical (unpaired) electrons. The third-order valence-electron chi connectivity index (χ3n) is 5.53. The predicted octanol–water partition coefficient (Wildman–Crippen LogP) is 3.13. The molecular weight excluding hydrogens is 374 g/mol. The fraction of sp³-hybridized carbons (Fsp3) is 0.458. The van der Waals surface area contributed by atoms with E-state index in [0.717, 1.165) is 57.5 Å². The van der Waals surface area contributed by atoms with Gasteiger partial charge in [-0.05, 0) is 43.8 Å². The van der Waals surface area contributed by atoms with E-state index in [1.54, 1.807) is 6.07 Å². The van der Waals surface area contributed by atoms with Crippen LogP contribution in [0.15, 0.2) is 53.5 Å². The highest BCUT2D eigenvalue weighted by atomic mass is 16.3. The van der Waals surface area contributed by atoms with E-state index in [9.17, 15) is 5.11 Å². The SMILES string of the molecule is CCNC(=NCc1cccc(CN(C)CC)c1)N1CCN(c2ccccc2O)CC1. The van der Waals surface area contributed by atoms with Crippen LogP contribution < -0.4 is 10.2 Å². The van der Waals surface area contributed by atoms with Crippen LogP contribution in [0.1, 0.15) is 25.0 Å². The molecule has 1 aliphatic rings. The van der Waals surface area contributed by atoms with Gasteiger partial charge >= 0.3 is 0 Å². The van der Waals surface area contributed by atoms with Gasteiger partial charge in [0.05, 0.1) is 12.2 Å². The van der Waals surface area contributed by atoms with E-state index < -0.39 is 0 Å². The first kappa shape index (κ1) is 22.0. The zero-order valence-electron chi connectivity index (χ0n) is 18.5. The van der Waals surface area contributed by atoms with E-state index in [4.69, 9.17) is 4.99 Å². The normalized spacial score (nSPS) is 15.0. The Balaban J connectivity index is 1.63. The summed E-state index contributed by atoms with van der Waals surface area (Å²) >= 11 is 0. The van der Waals surface area contributed by atoms with Crippen molar-refractivity contribution in [1.82, 2.24) is 15.1 Å². The number of nitrogens with one attached hydrogen (secondary N) is 1. The standard InChI is InChI=1S/C24H35N5O/c1-4-25-24(26-18-20-9-8-10-21(17-20)19-27(3)5-2)29-15-13-28(14-16-29)22-11-6-7-12-23(22)30/h6-12,17,30H,4-5,13-16,18-19H2,1-3H3,(H,25,26). The molecule has 3 rings (SSSR count). The van der Waals surface area contributed by atoms with Crippen LogP contribution in [0.25, 0.3) is 0 Å². The van der Waals surface area contributed by atoms with Gasteiger partial charge in [-0.2, -0.15) is 0 Å². The Bertz CT molecular complexity index is 830. The molecule has 1 aliphatic heterocycles. The van der Waals surface area contributed by atoms with E-state index in [-0.39, 0.29) is 0 Å². The minimum absolute atomic E-state index is 0.347. The molecule has 1 saturated heterocycles. The number of nitrogens with zero attached hydrogens (tertiary/aromatic N) is 4. The van der Waals surface area contributed by atoms with Crippen molar-refractivity contribution in [1.29, 1.82) is 0 Å². The molecule has 2 aromatic carbocycles. The number of rotatable bonds is 7. The summed E-state index contributed by atoms with van der Waals surface area (Å²) in [4.78, 5) is 11.8. The highest BCUT2D eigenvalue weighted by Crippen LogP contribution is 2.27. The number of benzene rings is 2. The number of aromatic hydroxyl groups is 1. The summed E-state index contributed by atoms with van der Waals surface area (Å²) in [6.45, 7) is 11.3. The van der Waals surface area contributed by atoms with E-state index in [2.05, 4.69) is 65.2 Å². The van der Waals surface area contributed by atoms with Gasteiger partial charge < -0.3 is 25.1 Å². The van der Waals surface area contributed by atoms with Crippen molar-refractivity contribution in [2.24, 2.45) is 4.99 Å². The summed E-state index contributed by atoms with van der Waals surface area (Å²) in [5.41, 5.74) is 3.47. The molecule has 0 aliphatic carbocycles. The summed E-state index contributed by atoms with van der Waals surface area (Å²) in [6, 6.07) is 16.3. The van der Waals surface area contributed by atoms with E-state index in [1.807, 2.05) is 18.2 Å². The minimum Gasteiger partial charge on any atom is -0.506 e. The second kappa shape index (κ2) is 10.9. The molecule has 6 heteroatoms. The third kappa shape index (κ3) is 5.89. The van der Waals surface area contributed by atoms with Gasteiger partial charge in [-0.25, -0.2) is 4.99 Å². The molecular formula is C24H35N5O. The lowest BCUT2D eigenvalue weighted by molar-refractivity contribution is 0.345. The van der Waals surface area contributed by atoms with Crippen molar-refractivity contribution in [2.75, 3.05) is 51.2 Å². The van der Waals surface area contributed by atoms with Crippen molar-refractivity contribution in [2.45, 2.75) is 26.9 Å². The number of phenols is 1.